The second-order valence-electron chi connectivity index (χ2n) is 4.52. The molecule has 0 spiro atoms. The number of hydrogen-bond donors (Lipinski definition) is 2. The van der Waals surface area contributed by atoms with E-state index in [0.717, 1.165) is 19.4 Å². The molecule has 1 heterocycles. The van der Waals surface area contributed by atoms with Crippen LogP contribution in [-0.2, 0) is 0 Å². The summed E-state index contributed by atoms with van der Waals surface area (Å²) in [7, 11) is 0. The Morgan fingerprint density at radius 1 is 1.50 bits per heavy atom. The first-order chi connectivity index (χ1) is 7.74. The van der Waals surface area contributed by atoms with Crippen molar-refractivity contribution in [1.82, 2.24) is 0 Å². The lowest BCUT2D eigenvalue weighted by atomic mass is 10.1. The molecule has 1 aromatic rings. The van der Waals surface area contributed by atoms with Crippen LogP contribution in [0.1, 0.15) is 31.4 Å². The van der Waals surface area contributed by atoms with Crippen LogP contribution in [-0.4, -0.2) is 24.3 Å². The van der Waals surface area contributed by atoms with Crippen molar-refractivity contribution in [3.8, 4) is 0 Å². The Balaban J connectivity index is 2.32. The van der Waals surface area contributed by atoms with E-state index in [2.05, 4.69) is 17.0 Å². The molecule has 1 fully saturated rings. The molecule has 16 heavy (non-hydrogen) atoms. The number of benzene rings is 1. The van der Waals surface area contributed by atoms with Gasteiger partial charge in [-0.25, -0.2) is 0 Å². The van der Waals surface area contributed by atoms with E-state index in [1.54, 1.807) is 0 Å². The van der Waals surface area contributed by atoms with Crippen LogP contribution in [0.15, 0.2) is 24.3 Å². The van der Waals surface area contributed by atoms with Crippen molar-refractivity contribution >= 4 is 5.69 Å². The third-order valence-electron chi connectivity index (χ3n) is 3.32. The summed E-state index contributed by atoms with van der Waals surface area (Å²) in [6.07, 6.45) is 2.22. The van der Waals surface area contributed by atoms with Gasteiger partial charge in [0.15, 0.2) is 0 Å². The summed E-state index contributed by atoms with van der Waals surface area (Å²) in [5.74, 6) is 0. The molecule has 0 amide bonds. The number of nitrogens with two attached hydrogens (primary N) is 1. The van der Waals surface area contributed by atoms with Crippen molar-refractivity contribution in [3.05, 3.63) is 29.8 Å². The van der Waals surface area contributed by atoms with Crippen LogP contribution >= 0.6 is 0 Å². The van der Waals surface area contributed by atoms with Crippen molar-refractivity contribution in [1.29, 1.82) is 0 Å². The lowest BCUT2D eigenvalue weighted by Gasteiger charge is -2.28. The number of anilines is 1. The highest BCUT2D eigenvalue weighted by atomic mass is 16.3. The number of para-hydroxylation sites is 1. The van der Waals surface area contributed by atoms with E-state index < -0.39 is 0 Å². The van der Waals surface area contributed by atoms with Crippen LogP contribution in [0.2, 0.25) is 0 Å². The molecule has 3 nitrogen and oxygen atoms in total. The molecule has 2 rings (SSSR count). The van der Waals surface area contributed by atoms with Gasteiger partial charge in [-0.3, -0.25) is 0 Å². The van der Waals surface area contributed by atoms with Gasteiger partial charge in [-0.1, -0.05) is 18.2 Å². The van der Waals surface area contributed by atoms with E-state index in [1.165, 1.54) is 11.3 Å². The van der Waals surface area contributed by atoms with E-state index in [4.69, 9.17) is 5.73 Å². The lowest BCUT2D eigenvalue weighted by molar-refractivity contribution is 0.266. The average Bonchev–Trinajstić information content (AvgIpc) is 2.76. The quantitative estimate of drug-likeness (QED) is 0.814. The zero-order valence-electron chi connectivity index (χ0n) is 9.76. The highest BCUT2D eigenvalue weighted by Gasteiger charge is 2.25. The highest BCUT2D eigenvalue weighted by molar-refractivity contribution is 5.56. The second-order valence-corrected chi connectivity index (χ2v) is 4.52. The number of hydrogen-bond acceptors (Lipinski definition) is 3. The normalized spacial score (nSPS) is 22.4. The zero-order chi connectivity index (χ0) is 11.5. The van der Waals surface area contributed by atoms with Crippen LogP contribution in [0, 0.1) is 0 Å². The Morgan fingerprint density at radius 3 is 2.94 bits per heavy atom. The highest BCUT2D eigenvalue weighted by Crippen LogP contribution is 2.30. The third-order valence-corrected chi connectivity index (χ3v) is 3.32. The Bertz CT molecular complexity index is 352. The maximum Gasteiger partial charge on any atom is 0.0635 e. The van der Waals surface area contributed by atoms with Crippen molar-refractivity contribution < 1.29 is 5.11 Å². The summed E-state index contributed by atoms with van der Waals surface area (Å²) in [6.45, 7) is 3.26. The third kappa shape index (κ3) is 2.06. The van der Waals surface area contributed by atoms with Crippen molar-refractivity contribution in [2.24, 2.45) is 5.73 Å². The molecular weight excluding hydrogens is 200 g/mol. The molecule has 0 aromatic heterocycles. The summed E-state index contributed by atoms with van der Waals surface area (Å²) in [6, 6.07) is 8.54. The van der Waals surface area contributed by atoms with Gasteiger partial charge in [-0.15, -0.1) is 0 Å². The molecule has 1 saturated heterocycles. The smallest absolute Gasteiger partial charge is 0.0635 e. The van der Waals surface area contributed by atoms with E-state index >= 15 is 0 Å². The van der Waals surface area contributed by atoms with E-state index in [9.17, 15) is 5.11 Å². The fourth-order valence-electron chi connectivity index (χ4n) is 2.48. The van der Waals surface area contributed by atoms with E-state index in [-0.39, 0.29) is 18.7 Å². The monoisotopic (exact) mass is 220 g/mol. The predicted molar refractivity (Wildman–Crippen MR) is 66.5 cm³/mol. The van der Waals surface area contributed by atoms with Crippen LogP contribution < -0.4 is 10.6 Å². The van der Waals surface area contributed by atoms with E-state index in [0.29, 0.717) is 0 Å². The molecule has 3 heteroatoms. The molecule has 0 bridgehead atoms. The number of aliphatic hydroxyl groups excluding tert-OH is 1. The Hall–Kier alpha value is -1.06. The van der Waals surface area contributed by atoms with Gasteiger partial charge in [-0.05, 0) is 31.4 Å². The van der Waals surface area contributed by atoms with Gasteiger partial charge in [0, 0.05) is 18.3 Å². The van der Waals surface area contributed by atoms with Crippen LogP contribution in [0.5, 0.6) is 0 Å². The standard InChI is InChI=1S/C13H20N2O/c1-10(14)12-6-2-3-7-13(12)15-8-4-5-11(15)9-16/h2-3,6-7,10-11,16H,4-5,8-9,14H2,1H3/t10-,11?/m1/s1. The summed E-state index contributed by atoms with van der Waals surface area (Å²) in [5, 5.41) is 9.35. The minimum atomic E-state index is 0.0381. The Labute approximate surface area is 96.9 Å². The van der Waals surface area contributed by atoms with Gasteiger partial charge in [0.05, 0.1) is 12.6 Å². The molecule has 3 N–H and O–H groups in total. The number of aliphatic hydroxyl groups is 1. The first kappa shape index (κ1) is 11.4. The molecule has 2 atom stereocenters. The fourth-order valence-corrected chi connectivity index (χ4v) is 2.48. The first-order valence-corrected chi connectivity index (χ1v) is 5.96. The van der Waals surface area contributed by atoms with Gasteiger partial charge in [0.2, 0.25) is 0 Å². The summed E-state index contributed by atoms with van der Waals surface area (Å²) in [4.78, 5) is 2.29. The van der Waals surface area contributed by atoms with Gasteiger partial charge in [0.1, 0.15) is 0 Å². The molecule has 0 saturated carbocycles. The second kappa shape index (κ2) is 4.85. The largest absolute Gasteiger partial charge is 0.394 e. The summed E-state index contributed by atoms with van der Waals surface area (Å²) in [5.41, 5.74) is 8.34. The van der Waals surface area contributed by atoms with Crippen LogP contribution in [0.4, 0.5) is 5.69 Å². The minimum Gasteiger partial charge on any atom is -0.394 e. The topological polar surface area (TPSA) is 49.5 Å². The molecule has 0 radical (unpaired) electrons. The minimum absolute atomic E-state index is 0.0381. The number of rotatable bonds is 3. The van der Waals surface area contributed by atoms with Gasteiger partial charge >= 0.3 is 0 Å². The summed E-state index contributed by atoms with van der Waals surface area (Å²) >= 11 is 0. The fraction of sp³-hybridized carbons (Fsp3) is 0.538. The zero-order valence-corrected chi connectivity index (χ0v) is 9.76. The first-order valence-electron chi connectivity index (χ1n) is 5.96. The molecule has 1 unspecified atom stereocenters. The molecule has 1 aliphatic rings. The average molecular weight is 220 g/mol. The maximum atomic E-state index is 9.35. The Kier molecular flexibility index (Phi) is 3.46. The van der Waals surface area contributed by atoms with Gasteiger partial charge < -0.3 is 15.7 Å². The maximum absolute atomic E-state index is 9.35. The molecule has 0 aliphatic carbocycles. The SMILES string of the molecule is C[C@@H](N)c1ccccc1N1CCCC1CO. The molecular formula is C13H20N2O. The lowest BCUT2D eigenvalue weighted by Crippen LogP contribution is -2.33. The number of nitrogens with zero attached hydrogens (tertiary/aromatic N) is 1. The van der Waals surface area contributed by atoms with Crippen LogP contribution in [0.3, 0.4) is 0 Å². The van der Waals surface area contributed by atoms with Crippen LogP contribution in [0.25, 0.3) is 0 Å². The Morgan fingerprint density at radius 2 is 2.25 bits per heavy atom. The van der Waals surface area contributed by atoms with Crippen molar-refractivity contribution in [2.45, 2.75) is 31.8 Å². The van der Waals surface area contributed by atoms with Gasteiger partial charge in [0.25, 0.3) is 0 Å². The molecule has 88 valence electrons. The van der Waals surface area contributed by atoms with Crippen molar-refractivity contribution in [3.63, 3.8) is 0 Å². The predicted octanol–water partition coefficient (Wildman–Crippen LogP) is 1.67. The molecule has 1 aromatic carbocycles. The van der Waals surface area contributed by atoms with Gasteiger partial charge in [-0.2, -0.15) is 0 Å². The summed E-state index contributed by atoms with van der Waals surface area (Å²) < 4.78 is 0. The molecule has 1 aliphatic heterocycles. The van der Waals surface area contributed by atoms with Crippen molar-refractivity contribution in [2.75, 3.05) is 18.1 Å². The van der Waals surface area contributed by atoms with E-state index in [1.807, 2.05) is 19.1 Å².